The second kappa shape index (κ2) is 5.88. The molecule has 100 valence electrons. The molecule has 0 amide bonds. The van der Waals surface area contributed by atoms with Crippen LogP contribution in [-0.4, -0.2) is 6.54 Å². The summed E-state index contributed by atoms with van der Waals surface area (Å²) >= 11 is 0. The maximum absolute atomic E-state index is 3.75. The largest absolute Gasteiger partial charge is 0.308 e. The Labute approximate surface area is 112 Å². The molecule has 1 fully saturated rings. The third kappa shape index (κ3) is 3.35. The molecule has 0 saturated carbocycles. The van der Waals surface area contributed by atoms with Gasteiger partial charge in [0.25, 0.3) is 0 Å². The SMILES string of the molecule is CC(C)Cc1cccc(C2(C)CCCCCN2)c1. The summed E-state index contributed by atoms with van der Waals surface area (Å²) in [6, 6.07) is 9.20. The molecule has 0 aliphatic carbocycles. The average Bonchev–Trinajstić information content (AvgIpc) is 2.55. The summed E-state index contributed by atoms with van der Waals surface area (Å²) < 4.78 is 0. The summed E-state index contributed by atoms with van der Waals surface area (Å²) in [5.74, 6) is 0.732. The predicted molar refractivity (Wildman–Crippen MR) is 78.8 cm³/mol. The molecule has 1 N–H and O–H groups in total. The zero-order chi connectivity index (χ0) is 13.0. The second-order valence-electron chi connectivity index (χ2n) is 6.37. The molecule has 1 aliphatic heterocycles. The average molecular weight is 245 g/mol. The highest BCUT2D eigenvalue weighted by Gasteiger charge is 2.27. The highest BCUT2D eigenvalue weighted by Crippen LogP contribution is 2.30. The molecule has 1 aromatic rings. The summed E-state index contributed by atoms with van der Waals surface area (Å²) in [6.07, 6.45) is 6.48. The normalized spacial score (nSPS) is 25.1. The molecule has 1 atom stereocenters. The molecule has 1 aliphatic rings. The Morgan fingerprint density at radius 3 is 2.83 bits per heavy atom. The fraction of sp³-hybridized carbons (Fsp3) is 0.647. The van der Waals surface area contributed by atoms with Gasteiger partial charge in [0, 0.05) is 5.54 Å². The van der Waals surface area contributed by atoms with Gasteiger partial charge in [-0.25, -0.2) is 0 Å². The Morgan fingerprint density at radius 1 is 1.22 bits per heavy atom. The van der Waals surface area contributed by atoms with Crippen LogP contribution in [0.2, 0.25) is 0 Å². The monoisotopic (exact) mass is 245 g/mol. The molecule has 1 heteroatoms. The zero-order valence-corrected chi connectivity index (χ0v) is 12.1. The van der Waals surface area contributed by atoms with Gasteiger partial charge in [0.05, 0.1) is 0 Å². The van der Waals surface area contributed by atoms with Gasteiger partial charge >= 0.3 is 0 Å². The Kier molecular flexibility index (Phi) is 4.45. The van der Waals surface area contributed by atoms with Crippen LogP contribution in [0.1, 0.15) is 57.6 Å². The van der Waals surface area contributed by atoms with Gasteiger partial charge in [-0.1, -0.05) is 51.0 Å². The highest BCUT2D eigenvalue weighted by molar-refractivity contribution is 5.29. The Balaban J connectivity index is 2.20. The fourth-order valence-electron chi connectivity index (χ4n) is 2.99. The summed E-state index contributed by atoms with van der Waals surface area (Å²) in [5, 5.41) is 3.75. The van der Waals surface area contributed by atoms with E-state index in [0.717, 1.165) is 12.5 Å². The molecule has 1 nitrogen and oxygen atoms in total. The van der Waals surface area contributed by atoms with Crippen LogP contribution in [0.4, 0.5) is 0 Å². The van der Waals surface area contributed by atoms with Crippen LogP contribution in [0.3, 0.4) is 0 Å². The van der Waals surface area contributed by atoms with Crippen molar-refractivity contribution in [2.24, 2.45) is 5.92 Å². The first kappa shape index (κ1) is 13.6. The van der Waals surface area contributed by atoms with Crippen molar-refractivity contribution in [2.75, 3.05) is 6.54 Å². The lowest BCUT2D eigenvalue weighted by atomic mass is 9.86. The minimum atomic E-state index is 0.184. The summed E-state index contributed by atoms with van der Waals surface area (Å²) in [5.41, 5.74) is 3.14. The van der Waals surface area contributed by atoms with Crippen molar-refractivity contribution in [3.05, 3.63) is 35.4 Å². The predicted octanol–water partition coefficient (Wildman–Crippen LogP) is 4.26. The molecule has 18 heavy (non-hydrogen) atoms. The van der Waals surface area contributed by atoms with Crippen LogP contribution >= 0.6 is 0 Å². The van der Waals surface area contributed by atoms with Gasteiger partial charge in [-0.15, -0.1) is 0 Å². The smallest absolute Gasteiger partial charge is 0.0406 e. The topological polar surface area (TPSA) is 12.0 Å². The molecule has 1 saturated heterocycles. The molecular formula is C17H27N. The van der Waals surface area contributed by atoms with E-state index in [4.69, 9.17) is 0 Å². The Hall–Kier alpha value is -0.820. The van der Waals surface area contributed by atoms with E-state index in [1.54, 1.807) is 0 Å². The molecular weight excluding hydrogens is 218 g/mol. The van der Waals surface area contributed by atoms with E-state index in [-0.39, 0.29) is 5.54 Å². The van der Waals surface area contributed by atoms with Gasteiger partial charge in [-0.05, 0) is 49.8 Å². The van der Waals surface area contributed by atoms with Gasteiger partial charge in [-0.3, -0.25) is 0 Å². The minimum absolute atomic E-state index is 0.184. The molecule has 0 bridgehead atoms. The van der Waals surface area contributed by atoms with Gasteiger partial charge in [0.15, 0.2) is 0 Å². The first-order chi connectivity index (χ1) is 8.60. The number of benzene rings is 1. The lowest BCUT2D eigenvalue weighted by Crippen LogP contribution is -2.38. The van der Waals surface area contributed by atoms with Gasteiger partial charge in [0.2, 0.25) is 0 Å². The molecule has 1 heterocycles. The summed E-state index contributed by atoms with van der Waals surface area (Å²) in [6.45, 7) is 8.11. The van der Waals surface area contributed by atoms with E-state index in [0.29, 0.717) is 0 Å². The third-order valence-electron chi connectivity index (χ3n) is 4.08. The van der Waals surface area contributed by atoms with E-state index in [9.17, 15) is 0 Å². The van der Waals surface area contributed by atoms with Crippen LogP contribution in [-0.2, 0) is 12.0 Å². The maximum atomic E-state index is 3.75. The van der Waals surface area contributed by atoms with Crippen LogP contribution in [0.25, 0.3) is 0 Å². The second-order valence-corrected chi connectivity index (χ2v) is 6.37. The Morgan fingerprint density at radius 2 is 2.06 bits per heavy atom. The van der Waals surface area contributed by atoms with Gasteiger partial charge in [0.1, 0.15) is 0 Å². The number of hydrogen-bond donors (Lipinski definition) is 1. The lowest BCUT2D eigenvalue weighted by Gasteiger charge is -2.30. The van der Waals surface area contributed by atoms with Crippen LogP contribution in [0.15, 0.2) is 24.3 Å². The number of rotatable bonds is 3. The summed E-state index contributed by atoms with van der Waals surface area (Å²) in [4.78, 5) is 0. The molecule has 0 radical (unpaired) electrons. The van der Waals surface area contributed by atoms with Crippen molar-refractivity contribution in [3.63, 3.8) is 0 Å². The zero-order valence-electron chi connectivity index (χ0n) is 12.1. The van der Waals surface area contributed by atoms with Gasteiger partial charge in [-0.2, -0.15) is 0 Å². The van der Waals surface area contributed by atoms with E-state index >= 15 is 0 Å². The van der Waals surface area contributed by atoms with E-state index in [1.165, 1.54) is 43.2 Å². The Bertz CT molecular complexity index is 373. The minimum Gasteiger partial charge on any atom is -0.308 e. The van der Waals surface area contributed by atoms with E-state index in [2.05, 4.69) is 50.4 Å². The van der Waals surface area contributed by atoms with Crippen LogP contribution in [0, 0.1) is 5.92 Å². The standard InChI is InChI=1S/C17H27N/c1-14(2)12-15-8-7-9-16(13-15)17(3)10-5-4-6-11-18-17/h7-9,13-14,18H,4-6,10-12H2,1-3H3. The molecule has 1 aromatic carbocycles. The maximum Gasteiger partial charge on any atom is 0.0406 e. The van der Waals surface area contributed by atoms with E-state index in [1.807, 2.05) is 0 Å². The van der Waals surface area contributed by atoms with Crippen molar-refractivity contribution in [3.8, 4) is 0 Å². The quantitative estimate of drug-likeness (QED) is 0.839. The van der Waals surface area contributed by atoms with Crippen molar-refractivity contribution < 1.29 is 0 Å². The van der Waals surface area contributed by atoms with Crippen molar-refractivity contribution in [1.29, 1.82) is 0 Å². The van der Waals surface area contributed by atoms with Crippen molar-refractivity contribution in [2.45, 2.75) is 58.4 Å². The van der Waals surface area contributed by atoms with Crippen molar-refractivity contribution in [1.82, 2.24) is 5.32 Å². The number of hydrogen-bond acceptors (Lipinski definition) is 1. The lowest BCUT2D eigenvalue weighted by molar-refractivity contribution is 0.359. The molecule has 2 rings (SSSR count). The van der Waals surface area contributed by atoms with Crippen LogP contribution in [0.5, 0.6) is 0 Å². The van der Waals surface area contributed by atoms with E-state index < -0.39 is 0 Å². The molecule has 1 unspecified atom stereocenters. The third-order valence-corrected chi connectivity index (χ3v) is 4.08. The van der Waals surface area contributed by atoms with Crippen molar-refractivity contribution >= 4 is 0 Å². The fourth-order valence-corrected chi connectivity index (χ4v) is 2.99. The molecule has 0 aromatic heterocycles. The first-order valence-electron chi connectivity index (χ1n) is 7.44. The van der Waals surface area contributed by atoms with Gasteiger partial charge < -0.3 is 5.32 Å². The molecule has 0 spiro atoms. The number of nitrogens with one attached hydrogen (secondary N) is 1. The van der Waals surface area contributed by atoms with Crippen LogP contribution < -0.4 is 5.32 Å². The summed E-state index contributed by atoms with van der Waals surface area (Å²) in [7, 11) is 0. The highest BCUT2D eigenvalue weighted by atomic mass is 15.0. The first-order valence-corrected chi connectivity index (χ1v) is 7.44.